The third kappa shape index (κ3) is 3.01. The second-order valence-corrected chi connectivity index (χ2v) is 4.97. The highest BCUT2D eigenvalue weighted by Crippen LogP contribution is 2.32. The first-order chi connectivity index (χ1) is 11.0. The molecule has 0 bridgehead atoms. The minimum atomic E-state index is -0.662. The average molecular weight is 311 g/mol. The van der Waals surface area contributed by atoms with Gasteiger partial charge in [0.2, 0.25) is 0 Å². The number of phenols is 2. The molecular formula is C17H13NO5. The molecule has 0 amide bonds. The van der Waals surface area contributed by atoms with Gasteiger partial charge in [-0.15, -0.1) is 0 Å². The van der Waals surface area contributed by atoms with Crippen molar-refractivity contribution >= 4 is 5.97 Å². The van der Waals surface area contributed by atoms with Gasteiger partial charge in [0.25, 0.3) is 0 Å². The number of carbonyl (C=O) groups is 1. The van der Waals surface area contributed by atoms with Crippen molar-refractivity contribution < 1.29 is 24.3 Å². The average Bonchev–Trinajstić information content (AvgIpc) is 3.06. The molecular weight excluding hydrogens is 298 g/mol. The summed E-state index contributed by atoms with van der Waals surface area (Å²) in [6.45, 7) is 1.91. The maximum absolute atomic E-state index is 12.2. The van der Waals surface area contributed by atoms with Crippen LogP contribution in [0, 0.1) is 6.92 Å². The predicted octanol–water partition coefficient (Wildman–Crippen LogP) is 3.28. The first kappa shape index (κ1) is 14.6. The van der Waals surface area contributed by atoms with Crippen molar-refractivity contribution in [1.82, 2.24) is 5.16 Å². The van der Waals surface area contributed by atoms with E-state index in [1.54, 1.807) is 18.2 Å². The number of nitrogens with zero attached hydrogens (tertiary/aromatic N) is 1. The molecule has 3 aromatic rings. The summed E-state index contributed by atoms with van der Waals surface area (Å²) in [7, 11) is 0. The Morgan fingerprint density at radius 1 is 1.09 bits per heavy atom. The first-order valence-corrected chi connectivity index (χ1v) is 6.80. The van der Waals surface area contributed by atoms with Crippen LogP contribution in [0.2, 0.25) is 0 Å². The molecule has 0 aliphatic rings. The van der Waals surface area contributed by atoms with E-state index in [9.17, 15) is 15.0 Å². The summed E-state index contributed by atoms with van der Waals surface area (Å²) in [5.41, 5.74) is 1.68. The van der Waals surface area contributed by atoms with Gasteiger partial charge in [0, 0.05) is 6.07 Å². The lowest BCUT2D eigenvalue weighted by atomic mass is 10.1. The molecule has 0 radical (unpaired) electrons. The Kier molecular flexibility index (Phi) is 3.72. The lowest BCUT2D eigenvalue weighted by molar-refractivity contribution is 0.0735. The molecule has 0 saturated heterocycles. The van der Waals surface area contributed by atoms with E-state index in [0.717, 1.165) is 11.6 Å². The molecule has 0 aliphatic carbocycles. The van der Waals surface area contributed by atoms with E-state index in [-0.39, 0.29) is 17.1 Å². The molecule has 2 N–H and O–H groups in total. The topological polar surface area (TPSA) is 92.8 Å². The van der Waals surface area contributed by atoms with Gasteiger partial charge in [-0.25, -0.2) is 4.79 Å². The molecule has 3 rings (SSSR count). The zero-order chi connectivity index (χ0) is 16.4. The Morgan fingerprint density at radius 2 is 1.91 bits per heavy atom. The summed E-state index contributed by atoms with van der Waals surface area (Å²) in [5.74, 6) is -0.571. The van der Waals surface area contributed by atoms with Crippen molar-refractivity contribution in [2.45, 2.75) is 6.92 Å². The van der Waals surface area contributed by atoms with Crippen molar-refractivity contribution in [2.24, 2.45) is 0 Å². The Morgan fingerprint density at radius 3 is 2.61 bits per heavy atom. The van der Waals surface area contributed by atoms with E-state index in [1.807, 2.05) is 13.0 Å². The molecule has 1 aromatic heterocycles. The summed E-state index contributed by atoms with van der Waals surface area (Å²) < 4.78 is 10.5. The number of hydrogen-bond acceptors (Lipinski definition) is 6. The van der Waals surface area contributed by atoms with Crippen molar-refractivity contribution in [1.29, 1.82) is 0 Å². The van der Waals surface area contributed by atoms with Crippen LogP contribution in [0.1, 0.15) is 15.9 Å². The molecule has 0 aliphatic heterocycles. The van der Waals surface area contributed by atoms with Gasteiger partial charge in [0.05, 0.1) is 17.3 Å². The molecule has 23 heavy (non-hydrogen) atoms. The number of hydrogen-bond donors (Lipinski definition) is 2. The summed E-state index contributed by atoms with van der Waals surface area (Å²) in [6.07, 6.45) is 1.50. The van der Waals surface area contributed by atoms with E-state index in [0.29, 0.717) is 17.1 Å². The third-order valence-electron chi connectivity index (χ3n) is 3.25. The van der Waals surface area contributed by atoms with Crippen LogP contribution in [-0.2, 0) is 0 Å². The zero-order valence-corrected chi connectivity index (χ0v) is 12.2. The van der Waals surface area contributed by atoms with E-state index >= 15 is 0 Å². The van der Waals surface area contributed by atoms with Crippen LogP contribution in [0.15, 0.2) is 53.2 Å². The number of rotatable bonds is 3. The van der Waals surface area contributed by atoms with Crippen molar-refractivity contribution in [3.8, 4) is 28.6 Å². The quantitative estimate of drug-likeness (QED) is 0.438. The van der Waals surface area contributed by atoms with E-state index < -0.39 is 5.97 Å². The molecule has 0 spiro atoms. The fourth-order valence-corrected chi connectivity index (χ4v) is 2.09. The fraction of sp³-hybridized carbons (Fsp3) is 0.0588. The Labute approximate surface area is 131 Å². The second-order valence-electron chi connectivity index (χ2n) is 4.97. The van der Waals surface area contributed by atoms with E-state index in [4.69, 9.17) is 9.26 Å². The van der Waals surface area contributed by atoms with Gasteiger partial charge in [-0.3, -0.25) is 0 Å². The maximum atomic E-state index is 12.2. The number of phenolic OH excluding ortho intramolecular Hbond substituents is 2. The smallest absolute Gasteiger partial charge is 0.343 e. The van der Waals surface area contributed by atoms with Gasteiger partial charge in [0.1, 0.15) is 5.75 Å². The Hall–Kier alpha value is -3.28. The molecule has 0 fully saturated rings. The Balaban J connectivity index is 1.93. The highest BCUT2D eigenvalue weighted by Gasteiger charge is 2.16. The number of benzene rings is 2. The summed E-state index contributed by atoms with van der Waals surface area (Å²) >= 11 is 0. The van der Waals surface area contributed by atoms with Crippen molar-refractivity contribution in [2.75, 3.05) is 0 Å². The van der Waals surface area contributed by atoms with Crippen LogP contribution in [-0.4, -0.2) is 21.3 Å². The number of aromatic nitrogens is 1. The van der Waals surface area contributed by atoms with Crippen LogP contribution in [0.3, 0.4) is 0 Å². The molecule has 2 aromatic carbocycles. The highest BCUT2D eigenvalue weighted by atomic mass is 16.5. The summed E-state index contributed by atoms with van der Waals surface area (Å²) in [6, 6.07) is 10.7. The second kappa shape index (κ2) is 5.84. The van der Waals surface area contributed by atoms with E-state index in [1.165, 1.54) is 18.3 Å². The third-order valence-corrected chi connectivity index (χ3v) is 3.25. The minimum absolute atomic E-state index is 0.115. The van der Waals surface area contributed by atoms with Gasteiger partial charge < -0.3 is 19.5 Å². The minimum Gasteiger partial charge on any atom is -0.504 e. The van der Waals surface area contributed by atoms with Crippen molar-refractivity contribution in [3.63, 3.8) is 0 Å². The number of ether oxygens (including phenoxy) is 1. The summed E-state index contributed by atoms with van der Waals surface area (Å²) in [5, 5.41) is 22.4. The van der Waals surface area contributed by atoms with Gasteiger partial charge >= 0.3 is 5.97 Å². The molecule has 1 heterocycles. The van der Waals surface area contributed by atoms with Crippen LogP contribution >= 0.6 is 0 Å². The van der Waals surface area contributed by atoms with Gasteiger partial charge in [-0.05, 0) is 37.3 Å². The molecule has 0 saturated carbocycles. The van der Waals surface area contributed by atoms with Crippen LogP contribution in [0.5, 0.6) is 17.2 Å². The van der Waals surface area contributed by atoms with Crippen molar-refractivity contribution in [3.05, 3.63) is 59.8 Å². The molecule has 6 heteroatoms. The zero-order valence-electron chi connectivity index (χ0n) is 12.2. The lowest BCUT2D eigenvalue weighted by Gasteiger charge is -2.09. The SMILES string of the molecule is Cc1ccc(OC(=O)c2ccc(O)c(O)c2)c(-c2ccno2)c1. The predicted molar refractivity (Wildman–Crippen MR) is 81.4 cm³/mol. The fourth-order valence-electron chi connectivity index (χ4n) is 2.09. The standard InChI is InChI=1S/C17H13NO5/c1-10-2-5-15(12(8-10)16-6-7-18-23-16)22-17(21)11-3-4-13(19)14(20)9-11/h2-9,19-20H,1H3. The van der Waals surface area contributed by atoms with Crippen LogP contribution in [0.4, 0.5) is 0 Å². The van der Waals surface area contributed by atoms with Gasteiger partial charge in [-0.2, -0.15) is 0 Å². The molecule has 116 valence electrons. The summed E-state index contributed by atoms with van der Waals surface area (Å²) in [4.78, 5) is 12.2. The molecule has 6 nitrogen and oxygen atoms in total. The Bertz CT molecular complexity index is 855. The molecule has 0 unspecified atom stereocenters. The number of carbonyl (C=O) groups excluding carboxylic acids is 1. The monoisotopic (exact) mass is 311 g/mol. The lowest BCUT2D eigenvalue weighted by Crippen LogP contribution is -2.09. The molecule has 0 atom stereocenters. The number of aromatic hydroxyl groups is 2. The van der Waals surface area contributed by atoms with Gasteiger partial charge in [0.15, 0.2) is 17.3 Å². The van der Waals surface area contributed by atoms with E-state index in [2.05, 4.69) is 5.16 Å². The van der Waals surface area contributed by atoms with Gasteiger partial charge in [-0.1, -0.05) is 16.8 Å². The van der Waals surface area contributed by atoms with Crippen LogP contribution < -0.4 is 4.74 Å². The number of esters is 1. The maximum Gasteiger partial charge on any atom is 0.343 e. The number of aryl methyl sites for hydroxylation is 1. The largest absolute Gasteiger partial charge is 0.504 e. The van der Waals surface area contributed by atoms with Crippen LogP contribution in [0.25, 0.3) is 11.3 Å². The first-order valence-electron chi connectivity index (χ1n) is 6.80. The normalized spacial score (nSPS) is 10.5. The highest BCUT2D eigenvalue weighted by molar-refractivity contribution is 5.92.